The number of rotatable bonds is 3. The number of carbonyl (C=O) groups excluding carboxylic acids is 2. The quantitative estimate of drug-likeness (QED) is 0.524. The van der Waals surface area contributed by atoms with Crippen LogP contribution in [0.5, 0.6) is 0 Å². The van der Waals surface area contributed by atoms with Gasteiger partial charge in [0, 0.05) is 6.42 Å². The molecule has 0 aliphatic heterocycles. The Hall–Kier alpha value is -0.900. The lowest BCUT2D eigenvalue weighted by Crippen LogP contribution is -2.57. The first-order valence-corrected chi connectivity index (χ1v) is 12.3. The molecule has 0 radical (unpaired) electrons. The minimum Gasteiger partial charge on any atom is -0.463 e. The predicted octanol–water partition coefficient (Wildman–Crippen LogP) is 4.92. The maximum Gasteiger partial charge on any atom is 0.374 e. The SMILES string of the molecule is COC(=O)C(=O)CC1CC[C@@]2(C)C3CCC4C(C)(C)[C@@H](O)CC[C@@]45C[C@@]35CC[C@]12C. The zero-order valence-corrected chi connectivity index (χ0v) is 19.6. The Morgan fingerprint density at radius 3 is 2.23 bits per heavy atom. The third-order valence-electron chi connectivity index (χ3n) is 12.1. The van der Waals surface area contributed by atoms with E-state index in [1.165, 1.54) is 52.1 Å². The number of esters is 1. The van der Waals surface area contributed by atoms with Crippen molar-refractivity contribution in [2.75, 3.05) is 7.11 Å². The van der Waals surface area contributed by atoms with E-state index in [0.717, 1.165) is 18.8 Å². The molecular formula is C26H40O4. The molecular weight excluding hydrogens is 376 g/mol. The summed E-state index contributed by atoms with van der Waals surface area (Å²) in [6, 6.07) is 0. The molecule has 3 unspecified atom stereocenters. The van der Waals surface area contributed by atoms with Crippen LogP contribution in [-0.2, 0) is 14.3 Å². The lowest BCUT2D eigenvalue weighted by Gasteiger charge is -2.63. The number of hydrogen-bond acceptors (Lipinski definition) is 4. The summed E-state index contributed by atoms with van der Waals surface area (Å²) in [6.45, 7) is 9.58. The molecule has 8 atom stereocenters. The highest BCUT2D eigenvalue weighted by atomic mass is 16.5. The summed E-state index contributed by atoms with van der Waals surface area (Å²) in [7, 11) is 1.30. The average molecular weight is 417 g/mol. The lowest BCUT2D eigenvalue weighted by atomic mass is 9.42. The Kier molecular flexibility index (Phi) is 4.27. The molecule has 0 amide bonds. The van der Waals surface area contributed by atoms with Gasteiger partial charge in [-0.1, -0.05) is 27.7 Å². The monoisotopic (exact) mass is 416 g/mol. The molecule has 1 N–H and O–H groups in total. The molecule has 0 bridgehead atoms. The van der Waals surface area contributed by atoms with Gasteiger partial charge in [0.2, 0.25) is 5.78 Å². The summed E-state index contributed by atoms with van der Waals surface area (Å²) in [5.74, 6) is 0.649. The number of aliphatic hydroxyl groups is 1. The number of carbonyl (C=O) groups is 2. The van der Waals surface area contributed by atoms with Crippen molar-refractivity contribution in [3.63, 3.8) is 0 Å². The van der Waals surface area contributed by atoms with Crippen LogP contribution >= 0.6 is 0 Å². The summed E-state index contributed by atoms with van der Waals surface area (Å²) in [5.41, 5.74) is 1.32. The molecule has 5 fully saturated rings. The fraction of sp³-hybridized carbons (Fsp3) is 0.923. The summed E-state index contributed by atoms with van der Waals surface area (Å²) >= 11 is 0. The molecule has 5 aliphatic carbocycles. The van der Waals surface area contributed by atoms with Crippen molar-refractivity contribution in [1.82, 2.24) is 0 Å². The number of fused-ring (bicyclic) bond motifs is 2. The molecule has 0 aromatic heterocycles. The molecule has 168 valence electrons. The van der Waals surface area contributed by atoms with Gasteiger partial charge in [0.05, 0.1) is 13.2 Å². The summed E-state index contributed by atoms with van der Waals surface area (Å²) in [5, 5.41) is 10.8. The maximum absolute atomic E-state index is 12.4. The van der Waals surface area contributed by atoms with E-state index in [1.54, 1.807) is 0 Å². The van der Waals surface area contributed by atoms with Crippen LogP contribution in [-0.4, -0.2) is 30.1 Å². The van der Waals surface area contributed by atoms with Gasteiger partial charge in [-0.3, -0.25) is 4.79 Å². The van der Waals surface area contributed by atoms with Crippen molar-refractivity contribution in [2.45, 2.75) is 98.0 Å². The first-order valence-electron chi connectivity index (χ1n) is 12.3. The minimum absolute atomic E-state index is 0.0273. The van der Waals surface area contributed by atoms with E-state index in [9.17, 15) is 14.7 Å². The third-order valence-corrected chi connectivity index (χ3v) is 12.1. The Bertz CT molecular complexity index is 788. The fourth-order valence-corrected chi connectivity index (χ4v) is 10.2. The van der Waals surface area contributed by atoms with Gasteiger partial charge in [0.25, 0.3) is 0 Å². The Morgan fingerprint density at radius 1 is 0.867 bits per heavy atom. The van der Waals surface area contributed by atoms with Crippen LogP contribution in [0.3, 0.4) is 0 Å². The molecule has 5 rings (SSSR count). The number of hydrogen-bond donors (Lipinski definition) is 1. The van der Waals surface area contributed by atoms with Crippen molar-refractivity contribution in [3.05, 3.63) is 0 Å². The molecule has 5 saturated carbocycles. The second-order valence-electron chi connectivity index (χ2n) is 12.7. The van der Waals surface area contributed by atoms with Crippen LogP contribution in [0.2, 0.25) is 0 Å². The van der Waals surface area contributed by atoms with E-state index >= 15 is 0 Å². The normalized spacial score (nSPS) is 53.0. The number of methoxy groups -OCH3 is 1. The first kappa shape index (κ1) is 21.0. The first-order chi connectivity index (χ1) is 14.0. The van der Waals surface area contributed by atoms with Crippen molar-refractivity contribution < 1.29 is 19.4 Å². The standard InChI is InChI=1S/C26H40O4/c1-22(2)18-6-7-19-24(4)10-8-16(14-17(27)21(29)30-5)23(24,3)12-13-26(19)15-25(18,26)11-9-20(22)28/h16,18-20,28H,6-15H2,1-5H3/t16?,18?,19?,20-,23+,24-,25+,26-/m0/s1. The minimum atomic E-state index is -0.677. The van der Waals surface area contributed by atoms with Gasteiger partial charge in [-0.25, -0.2) is 4.79 Å². The van der Waals surface area contributed by atoms with Crippen LogP contribution in [0.1, 0.15) is 91.9 Å². The van der Waals surface area contributed by atoms with E-state index in [4.69, 9.17) is 4.74 Å². The molecule has 30 heavy (non-hydrogen) atoms. The van der Waals surface area contributed by atoms with Crippen molar-refractivity contribution >= 4 is 11.8 Å². The van der Waals surface area contributed by atoms with Crippen LogP contribution < -0.4 is 0 Å². The fourth-order valence-electron chi connectivity index (χ4n) is 10.2. The number of ether oxygens (including phenoxy) is 1. The zero-order valence-electron chi connectivity index (χ0n) is 19.6. The third kappa shape index (κ3) is 2.22. The number of Topliss-reactive ketones (excluding diaryl/α,β-unsaturated/α-hetero) is 1. The molecule has 0 aromatic carbocycles. The topological polar surface area (TPSA) is 63.6 Å². The highest BCUT2D eigenvalue weighted by Crippen LogP contribution is 2.88. The summed E-state index contributed by atoms with van der Waals surface area (Å²) < 4.78 is 4.70. The molecule has 4 heteroatoms. The molecule has 2 spiro atoms. The number of ketones is 1. The van der Waals surface area contributed by atoms with Gasteiger partial charge < -0.3 is 9.84 Å². The Labute approximate surface area is 181 Å². The van der Waals surface area contributed by atoms with Crippen molar-refractivity contribution in [2.24, 2.45) is 44.8 Å². The van der Waals surface area contributed by atoms with Gasteiger partial charge in [0.15, 0.2) is 0 Å². The Balaban J connectivity index is 1.44. The predicted molar refractivity (Wildman–Crippen MR) is 115 cm³/mol. The Morgan fingerprint density at radius 2 is 1.53 bits per heavy atom. The van der Waals surface area contributed by atoms with E-state index in [0.29, 0.717) is 29.1 Å². The van der Waals surface area contributed by atoms with Crippen molar-refractivity contribution in [1.29, 1.82) is 0 Å². The second kappa shape index (κ2) is 6.11. The van der Waals surface area contributed by atoms with Crippen molar-refractivity contribution in [3.8, 4) is 0 Å². The van der Waals surface area contributed by atoms with Crippen LogP contribution in [0.15, 0.2) is 0 Å². The lowest BCUT2D eigenvalue weighted by molar-refractivity contribution is -0.162. The molecule has 0 heterocycles. The van der Waals surface area contributed by atoms with Gasteiger partial charge in [-0.15, -0.1) is 0 Å². The van der Waals surface area contributed by atoms with E-state index < -0.39 is 5.97 Å². The van der Waals surface area contributed by atoms with E-state index in [2.05, 4.69) is 27.7 Å². The van der Waals surface area contributed by atoms with Crippen LogP contribution in [0, 0.1) is 44.8 Å². The van der Waals surface area contributed by atoms with Crippen LogP contribution in [0.25, 0.3) is 0 Å². The second-order valence-corrected chi connectivity index (χ2v) is 12.7. The summed E-state index contributed by atoms with van der Waals surface area (Å²) in [4.78, 5) is 24.2. The van der Waals surface area contributed by atoms with Gasteiger partial charge in [0.1, 0.15) is 0 Å². The highest BCUT2D eigenvalue weighted by Gasteiger charge is 2.82. The van der Waals surface area contributed by atoms with Crippen LogP contribution in [0.4, 0.5) is 0 Å². The van der Waals surface area contributed by atoms with Gasteiger partial charge in [-0.05, 0) is 103 Å². The largest absolute Gasteiger partial charge is 0.463 e. The summed E-state index contributed by atoms with van der Waals surface area (Å²) in [6.07, 6.45) is 10.9. The zero-order chi connectivity index (χ0) is 21.7. The molecule has 0 saturated heterocycles. The number of aliphatic hydroxyl groups excluding tert-OH is 1. The smallest absolute Gasteiger partial charge is 0.374 e. The molecule has 0 aromatic rings. The molecule has 4 nitrogen and oxygen atoms in total. The highest BCUT2D eigenvalue weighted by molar-refractivity contribution is 6.33. The van der Waals surface area contributed by atoms with Gasteiger partial charge >= 0.3 is 5.97 Å². The average Bonchev–Trinajstić information content (AvgIpc) is 3.31. The van der Waals surface area contributed by atoms with E-state index in [1.807, 2.05) is 0 Å². The van der Waals surface area contributed by atoms with E-state index in [-0.39, 0.29) is 28.1 Å². The van der Waals surface area contributed by atoms with Gasteiger partial charge in [-0.2, -0.15) is 0 Å². The maximum atomic E-state index is 12.4. The molecule has 5 aliphatic rings.